The van der Waals surface area contributed by atoms with Crippen molar-refractivity contribution in [3.63, 3.8) is 0 Å². The van der Waals surface area contributed by atoms with Crippen molar-refractivity contribution in [2.75, 3.05) is 33.0 Å². The van der Waals surface area contributed by atoms with Gasteiger partial charge in [0, 0.05) is 13.0 Å². The molecule has 0 fully saturated rings. The maximum absolute atomic E-state index is 11.5. The zero-order chi connectivity index (χ0) is 24.1. The third kappa shape index (κ3) is 33.9. The lowest BCUT2D eigenvalue weighted by Gasteiger charge is -2.05. The minimum absolute atomic E-state index is 0.00702. The van der Waals surface area contributed by atoms with E-state index in [4.69, 9.17) is 24.8 Å². The highest BCUT2D eigenvalue weighted by atomic mass is 16.6. The second-order valence-corrected chi connectivity index (χ2v) is 8.62. The van der Waals surface area contributed by atoms with Gasteiger partial charge < -0.3 is 24.8 Å². The highest BCUT2D eigenvalue weighted by Gasteiger charge is 2.02. The fraction of sp³-hybridized carbons (Fsp3) is 0.962. The van der Waals surface area contributed by atoms with Crippen LogP contribution in [0.25, 0.3) is 0 Å². The summed E-state index contributed by atoms with van der Waals surface area (Å²) in [6.07, 6.45) is 20.6. The topological polar surface area (TPSA) is 96.2 Å². The van der Waals surface area contributed by atoms with Crippen LogP contribution in [0.2, 0.25) is 0 Å². The monoisotopic (exact) mass is 462 g/mol. The largest absolute Gasteiger partial charge is 0.463 e. The van der Waals surface area contributed by atoms with E-state index in [1.165, 1.54) is 83.5 Å². The van der Waals surface area contributed by atoms with E-state index in [9.17, 15) is 4.79 Å². The maximum atomic E-state index is 11.5. The molecular weight excluding hydrogens is 408 g/mol. The first-order valence-electron chi connectivity index (χ1n) is 13.2. The summed E-state index contributed by atoms with van der Waals surface area (Å²) < 4.78 is 10.1. The summed E-state index contributed by atoms with van der Waals surface area (Å²) in [5.74, 6) is -0.132. The second kappa shape index (κ2) is 30.3. The number of hydrogen-bond donors (Lipinski definition) is 3. The first-order valence-corrected chi connectivity index (χ1v) is 13.2. The van der Waals surface area contributed by atoms with E-state index in [2.05, 4.69) is 6.92 Å². The summed E-state index contributed by atoms with van der Waals surface area (Å²) in [6.45, 7) is 4.97. The van der Waals surface area contributed by atoms with Gasteiger partial charge in [-0.15, -0.1) is 0 Å². The number of hydrogen-bond acceptors (Lipinski definition) is 6. The van der Waals surface area contributed by atoms with E-state index in [-0.39, 0.29) is 31.9 Å². The SMILES string of the molecule is CC(O)CCO.CCCCCCCCCCCCCCCCCC(=O)OCCOCCO. The molecule has 0 aliphatic carbocycles. The minimum Gasteiger partial charge on any atom is -0.463 e. The van der Waals surface area contributed by atoms with Crippen molar-refractivity contribution in [1.82, 2.24) is 0 Å². The third-order valence-corrected chi connectivity index (χ3v) is 5.26. The van der Waals surface area contributed by atoms with E-state index in [0.717, 1.165) is 12.8 Å². The molecule has 194 valence electrons. The fourth-order valence-electron chi connectivity index (χ4n) is 3.28. The predicted octanol–water partition coefficient (Wildman–Crippen LogP) is 5.55. The number of carbonyl (C=O) groups is 1. The number of aliphatic hydroxyl groups is 3. The van der Waals surface area contributed by atoms with Gasteiger partial charge in [-0.1, -0.05) is 96.8 Å². The Balaban J connectivity index is 0. The first kappa shape index (κ1) is 33.5. The van der Waals surface area contributed by atoms with Crippen molar-refractivity contribution in [2.24, 2.45) is 0 Å². The Hall–Kier alpha value is -0.690. The van der Waals surface area contributed by atoms with Crippen LogP contribution in [0, 0.1) is 0 Å². The molecule has 0 aromatic heterocycles. The lowest BCUT2D eigenvalue weighted by atomic mass is 10.0. The average molecular weight is 463 g/mol. The summed E-state index contributed by atoms with van der Waals surface area (Å²) in [4.78, 5) is 11.5. The van der Waals surface area contributed by atoms with Crippen molar-refractivity contribution in [1.29, 1.82) is 0 Å². The molecule has 0 rings (SSSR count). The highest BCUT2D eigenvalue weighted by molar-refractivity contribution is 5.69. The number of unbranched alkanes of at least 4 members (excludes halogenated alkanes) is 14. The Bertz CT molecular complexity index is 349. The zero-order valence-corrected chi connectivity index (χ0v) is 21.2. The van der Waals surface area contributed by atoms with Gasteiger partial charge in [-0.3, -0.25) is 4.79 Å². The predicted molar refractivity (Wildman–Crippen MR) is 132 cm³/mol. The molecule has 32 heavy (non-hydrogen) atoms. The van der Waals surface area contributed by atoms with Crippen LogP contribution in [0.15, 0.2) is 0 Å². The van der Waals surface area contributed by atoms with Crippen LogP contribution < -0.4 is 0 Å². The van der Waals surface area contributed by atoms with Crippen molar-refractivity contribution in [3.05, 3.63) is 0 Å². The van der Waals surface area contributed by atoms with Gasteiger partial charge >= 0.3 is 5.97 Å². The highest BCUT2D eigenvalue weighted by Crippen LogP contribution is 2.13. The zero-order valence-electron chi connectivity index (χ0n) is 21.2. The quantitative estimate of drug-likeness (QED) is 0.136. The molecule has 6 heteroatoms. The summed E-state index contributed by atoms with van der Waals surface area (Å²) >= 11 is 0. The van der Waals surface area contributed by atoms with Crippen LogP contribution in [0.1, 0.15) is 123 Å². The van der Waals surface area contributed by atoms with Gasteiger partial charge in [0.05, 0.1) is 25.9 Å². The van der Waals surface area contributed by atoms with Gasteiger partial charge in [-0.2, -0.15) is 0 Å². The van der Waals surface area contributed by atoms with Crippen molar-refractivity contribution >= 4 is 5.97 Å². The number of esters is 1. The minimum atomic E-state index is -0.352. The Labute approximate surface area is 198 Å². The molecule has 0 bridgehead atoms. The summed E-state index contributed by atoms with van der Waals surface area (Å²) in [5, 5.41) is 25.0. The molecule has 0 radical (unpaired) electrons. The number of rotatable bonds is 23. The molecule has 0 aliphatic heterocycles. The normalized spacial score (nSPS) is 11.7. The Kier molecular flexibility index (Phi) is 31.7. The van der Waals surface area contributed by atoms with Gasteiger partial charge in [0.25, 0.3) is 0 Å². The summed E-state index contributed by atoms with van der Waals surface area (Å²) in [5.41, 5.74) is 0. The average Bonchev–Trinajstić information content (AvgIpc) is 2.76. The van der Waals surface area contributed by atoms with Gasteiger partial charge in [-0.25, -0.2) is 0 Å². The van der Waals surface area contributed by atoms with Gasteiger partial charge in [0.15, 0.2) is 0 Å². The van der Waals surface area contributed by atoms with E-state index >= 15 is 0 Å². The van der Waals surface area contributed by atoms with Crippen molar-refractivity contribution < 1.29 is 29.6 Å². The number of carbonyl (C=O) groups excluding carboxylic acids is 1. The molecule has 1 unspecified atom stereocenters. The summed E-state index contributed by atoms with van der Waals surface area (Å²) in [6, 6.07) is 0. The smallest absolute Gasteiger partial charge is 0.305 e. The molecule has 3 N–H and O–H groups in total. The van der Waals surface area contributed by atoms with Crippen molar-refractivity contribution in [3.8, 4) is 0 Å². The molecule has 0 heterocycles. The van der Waals surface area contributed by atoms with Crippen LogP contribution in [0.5, 0.6) is 0 Å². The van der Waals surface area contributed by atoms with E-state index in [1.54, 1.807) is 6.92 Å². The van der Waals surface area contributed by atoms with Crippen LogP contribution in [0.3, 0.4) is 0 Å². The molecule has 0 saturated carbocycles. The van der Waals surface area contributed by atoms with Crippen molar-refractivity contribution in [2.45, 2.75) is 129 Å². The Morgan fingerprint density at radius 2 is 1.16 bits per heavy atom. The molecule has 0 aliphatic rings. The van der Waals surface area contributed by atoms with Crippen LogP contribution in [0.4, 0.5) is 0 Å². The molecule has 1 atom stereocenters. The van der Waals surface area contributed by atoms with Crippen LogP contribution >= 0.6 is 0 Å². The second-order valence-electron chi connectivity index (χ2n) is 8.62. The van der Waals surface area contributed by atoms with Gasteiger partial charge in [-0.05, 0) is 19.8 Å². The first-order chi connectivity index (χ1) is 15.6. The van der Waals surface area contributed by atoms with E-state index < -0.39 is 0 Å². The number of aliphatic hydroxyl groups excluding tert-OH is 3. The Morgan fingerprint density at radius 3 is 1.53 bits per heavy atom. The lowest BCUT2D eigenvalue weighted by Crippen LogP contribution is -2.11. The molecule has 0 saturated heterocycles. The van der Waals surface area contributed by atoms with E-state index in [0.29, 0.717) is 26.1 Å². The van der Waals surface area contributed by atoms with Crippen LogP contribution in [-0.2, 0) is 14.3 Å². The molecular formula is C26H54O6. The molecule has 0 aromatic carbocycles. The molecule has 0 amide bonds. The summed E-state index contributed by atoms with van der Waals surface area (Å²) in [7, 11) is 0. The number of ether oxygens (including phenoxy) is 2. The fourth-order valence-corrected chi connectivity index (χ4v) is 3.28. The van der Waals surface area contributed by atoms with Gasteiger partial charge in [0.1, 0.15) is 6.61 Å². The third-order valence-electron chi connectivity index (χ3n) is 5.26. The molecule has 6 nitrogen and oxygen atoms in total. The molecule has 0 spiro atoms. The van der Waals surface area contributed by atoms with Gasteiger partial charge in [0.2, 0.25) is 0 Å². The standard InChI is InChI=1S/C22H44O4.C4H10O2/c1-2-3-4-5-6-7-8-9-10-11-12-13-14-15-16-17-22(24)26-21-20-25-19-18-23;1-4(6)2-3-5/h23H,2-21H2,1H3;4-6H,2-3H2,1H3. The van der Waals surface area contributed by atoms with Crippen LogP contribution in [-0.4, -0.2) is 60.4 Å². The van der Waals surface area contributed by atoms with E-state index in [1.807, 2.05) is 0 Å². The Morgan fingerprint density at radius 1 is 0.688 bits per heavy atom. The molecule has 0 aromatic rings. The maximum Gasteiger partial charge on any atom is 0.305 e. The lowest BCUT2D eigenvalue weighted by molar-refractivity contribution is -0.145.